The summed E-state index contributed by atoms with van der Waals surface area (Å²) in [7, 11) is 0. The van der Waals surface area contributed by atoms with Crippen LogP contribution in [0.2, 0.25) is 10.3 Å². The van der Waals surface area contributed by atoms with Crippen LogP contribution < -0.4 is 15.8 Å². The van der Waals surface area contributed by atoms with Crippen LogP contribution in [0.4, 0.5) is 16.3 Å². The first kappa shape index (κ1) is 13.4. The molecule has 98 valence electrons. The Bertz CT molecular complexity index is 604. The minimum atomic E-state index is -0.869. The van der Waals surface area contributed by atoms with E-state index < -0.39 is 6.09 Å². The monoisotopic (exact) mass is 298 g/mol. The Morgan fingerprint density at radius 2 is 1.95 bits per heavy atom. The number of anilines is 2. The number of carbonyl (C=O) groups excluding carboxylic acids is 1. The first-order valence-corrected chi connectivity index (χ1v) is 5.82. The van der Waals surface area contributed by atoms with Gasteiger partial charge >= 0.3 is 6.09 Å². The number of amides is 1. The molecule has 0 bridgehead atoms. The smallest absolute Gasteiger partial charge is 0.409 e. The number of nitrogens with zero attached hydrogens (tertiary/aromatic N) is 2. The van der Waals surface area contributed by atoms with Crippen molar-refractivity contribution in [3.05, 3.63) is 40.8 Å². The minimum absolute atomic E-state index is 0.0839. The van der Waals surface area contributed by atoms with Gasteiger partial charge in [0.05, 0.1) is 6.20 Å². The Hall–Kier alpha value is -2.05. The summed E-state index contributed by atoms with van der Waals surface area (Å²) in [6, 6.07) is 6.49. The molecule has 19 heavy (non-hydrogen) atoms. The summed E-state index contributed by atoms with van der Waals surface area (Å²) < 4.78 is 4.70. The fraction of sp³-hybridized carbons (Fsp3) is 0. The van der Waals surface area contributed by atoms with E-state index in [1.165, 1.54) is 6.20 Å². The molecule has 0 atom stereocenters. The van der Waals surface area contributed by atoms with Crippen LogP contribution >= 0.6 is 23.2 Å². The fourth-order valence-corrected chi connectivity index (χ4v) is 1.56. The van der Waals surface area contributed by atoms with Crippen LogP contribution in [0.25, 0.3) is 0 Å². The van der Waals surface area contributed by atoms with E-state index in [2.05, 4.69) is 15.3 Å². The van der Waals surface area contributed by atoms with Gasteiger partial charge in [0.15, 0.2) is 5.82 Å². The number of ether oxygens (including phenoxy) is 1. The van der Waals surface area contributed by atoms with Gasteiger partial charge in [-0.2, -0.15) is 4.98 Å². The summed E-state index contributed by atoms with van der Waals surface area (Å²) in [5.41, 5.74) is 5.59. The number of primary amides is 1. The van der Waals surface area contributed by atoms with E-state index in [0.717, 1.165) is 0 Å². The van der Waals surface area contributed by atoms with E-state index >= 15 is 0 Å². The van der Waals surface area contributed by atoms with Gasteiger partial charge in [0.25, 0.3) is 0 Å². The number of benzene rings is 1. The lowest BCUT2D eigenvalue weighted by molar-refractivity contribution is 0.211. The third-order valence-corrected chi connectivity index (χ3v) is 2.51. The van der Waals surface area contributed by atoms with Gasteiger partial charge in [-0.1, -0.05) is 11.6 Å². The molecule has 8 heteroatoms. The maximum Gasteiger partial charge on any atom is 0.409 e. The first-order chi connectivity index (χ1) is 9.04. The van der Waals surface area contributed by atoms with E-state index in [9.17, 15) is 4.79 Å². The third-order valence-electron chi connectivity index (χ3n) is 2.05. The van der Waals surface area contributed by atoms with E-state index in [1.54, 1.807) is 24.3 Å². The van der Waals surface area contributed by atoms with Gasteiger partial charge in [-0.15, -0.1) is 0 Å². The molecular weight excluding hydrogens is 291 g/mol. The molecule has 1 amide bonds. The Labute approximate surface area is 118 Å². The highest BCUT2D eigenvalue weighted by Crippen LogP contribution is 2.24. The summed E-state index contributed by atoms with van der Waals surface area (Å²) in [6.07, 6.45) is 0.524. The summed E-state index contributed by atoms with van der Waals surface area (Å²) in [5, 5.41) is 3.37. The molecular formula is C11H8Cl2N4O2. The van der Waals surface area contributed by atoms with E-state index in [1.807, 2.05) is 0 Å². The molecule has 0 aliphatic heterocycles. The lowest BCUT2D eigenvalue weighted by Crippen LogP contribution is -2.16. The molecule has 0 radical (unpaired) electrons. The molecule has 0 fully saturated rings. The molecule has 1 heterocycles. The molecule has 2 aromatic rings. The standard InChI is InChI=1S/C11H8Cl2N4O2/c12-8-5-15-10(13)17-9(8)16-6-1-3-7(4-2-6)19-11(14)18/h1-5H,(H2,14,18)(H,15,16,17). The van der Waals surface area contributed by atoms with Crippen LogP contribution in [0.1, 0.15) is 0 Å². The van der Waals surface area contributed by atoms with Crippen molar-refractivity contribution >= 4 is 40.8 Å². The predicted molar refractivity (Wildman–Crippen MR) is 72.0 cm³/mol. The van der Waals surface area contributed by atoms with Crippen LogP contribution in [0.3, 0.4) is 0 Å². The van der Waals surface area contributed by atoms with E-state index in [-0.39, 0.29) is 5.28 Å². The van der Waals surface area contributed by atoms with Crippen LogP contribution in [0.5, 0.6) is 5.75 Å². The van der Waals surface area contributed by atoms with Gasteiger partial charge in [0.1, 0.15) is 10.8 Å². The number of aromatic nitrogens is 2. The number of rotatable bonds is 3. The molecule has 2 rings (SSSR count). The zero-order chi connectivity index (χ0) is 13.8. The average molecular weight is 299 g/mol. The molecule has 0 unspecified atom stereocenters. The third kappa shape index (κ3) is 3.70. The topological polar surface area (TPSA) is 90.1 Å². The van der Waals surface area contributed by atoms with Crippen molar-refractivity contribution in [1.29, 1.82) is 0 Å². The molecule has 1 aromatic carbocycles. The summed E-state index contributed by atoms with van der Waals surface area (Å²) in [4.78, 5) is 18.2. The van der Waals surface area contributed by atoms with Crippen molar-refractivity contribution in [2.75, 3.05) is 5.32 Å². The van der Waals surface area contributed by atoms with Crippen LogP contribution in [-0.2, 0) is 0 Å². The largest absolute Gasteiger partial charge is 0.411 e. The number of hydrogen-bond acceptors (Lipinski definition) is 5. The highest BCUT2D eigenvalue weighted by atomic mass is 35.5. The highest BCUT2D eigenvalue weighted by Gasteiger charge is 2.05. The van der Waals surface area contributed by atoms with E-state index in [0.29, 0.717) is 22.3 Å². The Morgan fingerprint density at radius 3 is 2.58 bits per heavy atom. The fourth-order valence-electron chi connectivity index (χ4n) is 1.29. The van der Waals surface area contributed by atoms with Crippen LogP contribution in [0, 0.1) is 0 Å². The SMILES string of the molecule is NC(=O)Oc1ccc(Nc2nc(Cl)ncc2Cl)cc1. The number of nitrogens with one attached hydrogen (secondary N) is 1. The van der Waals surface area contributed by atoms with Gasteiger partial charge in [0, 0.05) is 5.69 Å². The number of hydrogen-bond donors (Lipinski definition) is 2. The molecule has 3 N–H and O–H groups in total. The van der Waals surface area contributed by atoms with Gasteiger partial charge in [-0.05, 0) is 35.9 Å². The van der Waals surface area contributed by atoms with Gasteiger partial charge < -0.3 is 15.8 Å². The van der Waals surface area contributed by atoms with Gasteiger partial charge in [-0.25, -0.2) is 9.78 Å². The lowest BCUT2D eigenvalue weighted by Gasteiger charge is -2.08. The molecule has 0 saturated heterocycles. The Balaban J connectivity index is 2.15. The van der Waals surface area contributed by atoms with Crippen LogP contribution in [0.15, 0.2) is 30.5 Å². The van der Waals surface area contributed by atoms with Crippen molar-refractivity contribution < 1.29 is 9.53 Å². The molecule has 1 aromatic heterocycles. The summed E-state index contributed by atoms with van der Waals surface area (Å²) in [5.74, 6) is 0.718. The summed E-state index contributed by atoms with van der Waals surface area (Å²) >= 11 is 11.6. The minimum Gasteiger partial charge on any atom is -0.411 e. The normalized spacial score (nSPS) is 10.0. The van der Waals surface area contributed by atoms with Crippen molar-refractivity contribution in [2.24, 2.45) is 5.73 Å². The van der Waals surface area contributed by atoms with Crippen molar-refractivity contribution in [3.8, 4) is 5.75 Å². The van der Waals surface area contributed by atoms with Crippen molar-refractivity contribution in [2.45, 2.75) is 0 Å². The Morgan fingerprint density at radius 1 is 1.26 bits per heavy atom. The molecule has 0 aliphatic carbocycles. The maximum absolute atomic E-state index is 10.6. The van der Waals surface area contributed by atoms with Gasteiger partial charge in [-0.3, -0.25) is 0 Å². The molecule has 0 spiro atoms. The van der Waals surface area contributed by atoms with Crippen LogP contribution in [-0.4, -0.2) is 16.1 Å². The number of carbonyl (C=O) groups is 1. The molecule has 0 aliphatic rings. The van der Waals surface area contributed by atoms with Crippen molar-refractivity contribution in [1.82, 2.24) is 9.97 Å². The maximum atomic E-state index is 10.6. The Kier molecular flexibility index (Phi) is 4.03. The second-order valence-corrected chi connectivity index (χ2v) is 4.15. The average Bonchev–Trinajstić information content (AvgIpc) is 2.35. The molecule has 0 saturated carbocycles. The lowest BCUT2D eigenvalue weighted by atomic mass is 10.3. The van der Waals surface area contributed by atoms with Gasteiger partial charge in [0.2, 0.25) is 5.28 Å². The quantitative estimate of drug-likeness (QED) is 0.850. The molecule has 6 nitrogen and oxygen atoms in total. The van der Waals surface area contributed by atoms with E-state index in [4.69, 9.17) is 33.7 Å². The van der Waals surface area contributed by atoms with Crippen molar-refractivity contribution in [3.63, 3.8) is 0 Å². The summed E-state index contributed by atoms with van der Waals surface area (Å²) in [6.45, 7) is 0. The zero-order valence-corrected chi connectivity index (χ0v) is 10.9. The number of nitrogens with two attached hydrogens (primary N) is 1. The highest BCUT2D eigenvalue weighted by molar-refractivity contribution is 6.33. The second kappa shape index (κ2) is 5.73. The second-order valence-electron chi connectivity index (χ2n) is 3.41. The zero-order valence-electron chi connectivity index (χ0n) is 9.43. The first-order valence-electron chi connectivity index (χ1n) is 5.07. The predicted octanol–water partition coefficient (Wildman–Crippen LogP) is 2.98. The number of halogens is 2.